The van der Waals surface area contributed by atoms with Gasteiger partial charge in [-0.05, 0) is 50.6 Å². The van der Waals surface area contributed by atoms with E-state index in [2.05, 4.69) is 17.2 Å². The van der Waals surface area contributed by atoms with Gasteiger partial charge in [0.25, 0.3) is 5.91 Å². The Labute approximate surface area is 160 Å². The highest BCUT2D eigenvalue weighted by molar-refractivity contribution is 7.92. The van der Waals surface area contributed by atoms with Gasteiger partial charge in [-0.1, -0.05) is 19.4 Å². The van der Waals surface area contributed by atoms with Crippen molar-refractivity contribution >= 4 is 15.7 Å². The van der Waals surface area contributed by atoms with Crippen molar-refractivity contribution in [3.63, 3.8) is 0 Å². The first-order valence-corrected chi connectivity index (χ1v) is 10.6. The second kappa shape index (κ2) is 9.50. The van der Waals surface area contributed by atoms with E-state index >= 15 is 0 Å². The summed E-state index contributed by atoms with van der Waals surface area (Å²) in [5, 5.41) is 2.31. The summed E-state index contributed by atoms with van der Waals surface area (Å²) < 4.78 is 30.0. The molecule has 146 valence electrons. The molecule has 1 aromatic carbocycles. The van der Waals surface area contributed by atoms with Gasteiger partial charge in [-0.3, -0.25) is 4.79 Å². The predicted molar refractivity (Wildman–Crippen MR) is 105 cm³/mol. The summed E-state index contributed by atoms with van der Waals surface area (Å²) in [5.41, 5.74) is 1.19. The number of amides is 1. The molecule has 0 bridgehead atoms. The maximum Gasteiger partial charge on any atom is 0.251 e. The quantitative estimate of drug-likeness (QED) is 0.664. The molecule has 6 nitrogen and oxygen atoms in total. The number of hydrogen-bond donors (Lipinski definition) is 1. The minimum atomic E-state index is -3.35. The number of unbranched alkanes of at least 4 members (excludes halogenated alkanes) is 1. The number of rotatable bonds is 9. The Kier molecular flexibility index (Phi) is 7.36. The van der Waals surface area contributed by atoms with Crippen molar-refractivity contribution in [3.05, 3.63) is 53.7 Å². The fraction of sp³-hybridized carbons (Fsp3) is 0.400. The SMILES string of the molecule is CCCCOc1ncccc1CNC(=O)c1ccc(S(=O)(=O)C(C)C)cc1. The first-order valence-electron chi connectivity index (χ1n) is 9.05. The van der Waals surface area contributed by atoms with E-state index in [1.54, 1.807) is 26.1 Å². The minimum absolute atomic E-state index is 0.216. The first-order chi connectivity index (χ1) is 12.9. The molecule has 0 aliphatic carbocycles. The Morgan fingerprint density at radius 2 is 1.89 bits per heavy atom. The van der Waals surface area contributed by atoms with Gasteiger partial charge in [-0.2, -0.15) is 0 Å². The number of hydrogen-bond acceptors (Lipinski definition) is 5. The van der Waals surface area contributed by atoms with Crippen LogP contribution < -0.4 is 10.1 Å². The smallest absolute Gasteiger partial charge is 0.251 e. The molecule has 2 aromatic rings. The van der Waals surface area contributed by atoms with Crippen LogP contribution in [0.5, 0.6) is 5.88 Å². The molecule has 0 unspecified atom stereocenters. The lowest BCUT2D eigenvalue weighted by molar-refractivity contribution is 0.0950. The molecule has 1 aromatic heterocycles. The van der Waals surface area contributed by atoms with Crippen LogP contribution in [0.15, 0.2) is 47.5 Å². The average molecular weight is 391 g/mol. The third-order valence-corrected chi connectivity index (χ3v) is 6.26. The molecular formula is C20H26N2O4S. The van der Waals surface area contributed by atoms with Gasteiger partial charge in [-0.15, -0.1) is 0 Å². The van der Waals surface area contributed by atoms with Gasteiger partial charge in [0, 0.05) is 23.9 Å². The summed E-state index contributed by atoms with van der Waals surface area (Å²) in [6.45, 7) is 6.20. The lowest BCUT2D eigenvalue weighted by Gasteiger charge is -2.11. The molecule has 0 aliphatic heterocycles. The molecule has 0 radical (unpaired) electrons. The molecule has 7 heteroatoms. The van der Waals surface area contributed by atoms with Gasteiger partial charge in [0.05, 0.1) is 16.8 Å². The zero-order valence-electron chi connectivity index (χ0n) is 15.9. The van der Waals surface area contributed by atoms with E-state index in [0.717, 1.165) is 18.4 Å². The van der Waals surface area contributed by atoms with Gasteiger partial charge < -0.3 is 10.1 Å². The maximum atomic E-state index is 12.4. The summed E-state index contributed by atoms with van der Waals surface area (Å²) in [4.78, 5) is 16.8. The number of carbonyl (C=O) groups excluding carboxylic acids is 1. The summed E-state index contributed by atoms with van der Waals surface area (Å²) >= 11 is 0. The fourth-order valence-corrected chi connectivity index (χ4v) is 3.41. The van der Waals surface area contributed by atoms with Crippen LogP contribution in [0.3, 0.4) is 0 Å². The van der Waals surface area contributed by atoms with Crippen molar-refractivity contribution in [3.8, 4) is 5.88 Å². The highest BCUT2D eigenvalue weighted by Crippen LogP contribution is 2.17. The van der Waals surface area contributed by atoms with Crippen molar-refractivity contribution < 1.29 is 17.9 Å². The van der Waals surface area contributed by atoms with Gasteiger partial charge in [0.15, 0.2) is 9.84 Å². The number of ether oxygens (including phenoxy) is 1. The Morgan fingerprint density at radius 1 is 1.19 bits per heavy atom. The molecule has 0 spiro atoms. The molecular weight excluding hydrogens is 364 g/mol. The maximum absolute atomic E-state index is 12.4. The number of aromatic nitrogens is 1. The van der Waals surface area contributed by atoms with Gasteiger partial charge in [-0.25, -0.2) is 13.4 Å². The third-order valence-electron chi connectivity index (χ3n) is 4.09. The van der Waals surface area contributed by atoms with Crippen LogP contribution in [0.1, 0.15) is 49.5 Å². The summed E-state index contributed by atoms with van der Waals surface area (Å²) in [5.74, 6) is 0.233. The Morgan fingerprint density at radius 3 is 2.52 bits per heavy atom. The van der Waals surface area contributed by atoms with Gasteiger partial charge in [0.1, 0.15) is 0 Å². The highest BCUT2D eigenvalue weighted by Gasteiger charge is 2.19. The number of nitrogens with one attached hydrogen (secondary N) is 1. The lowest BCUT2D eigenvalue weighted by atomic mass is 10.2. The summed E-state index contributed by atoms with van der Waals surface area (Å²) in [7, 11) is -3.35. The van der Waals surface area contributed by atoms with E-state index in [-0.39, 0.29) is 17.3 Å². The molecule has 0 saturated heterocycles. The van der Waals surface area contributed by atoms with Gasteiger partial charge >= 0.3 is 0 Å². The molecule has 0 fully saturated rings. The van der Waals surface area contributed by atoms with Crippen molar-refractivity contribution in [2.24, 2.45) is 0 Å². The lowest BCUT2D eigenvalue weighted by Crippen LogP contribution is -2.23. The molecule has 0 aliphatic rings. The van der Waals surface area contributed by atoms with Crippen LogP contribution in [-0.2, 0) is 16.4 Å². The topological polar surface area (TPSA) is 85.4 Å². The Hall–Kier alpha value is -2.41. The van der Waals surface area contributed by atoms with Crippen molar-refractivity contribution in [1.82, 2.24) is 10.3 Å². The van der Waals surface area contributed by atoms with Gasteiger partial charge in [0.2, 0.25) is 5.88 Å². The van der Waals surface area contributed by atoms with Crippen LogP contribution in [0, 0.1) is 0 Å². The first kappa shape index (κ1) is 20.9. The van der Waals surface area contributed by atoms with Crippen LogP contribution in [0.2, 0.25) is 0 Å². The Balaban J connectivity index is 2.02. The summed E-state index contributed by atoms with van der Waals surface area (Å²) in [6, 6.07) is 9.62. The van der Waals surface area contributed by atoms with Crippen LogP contribution in [-0.4, -0.2) is 31.2 Å². The van der Waals surface area contributed by atoms with E-state index in [1.807, 2.05) is 6.07 Å². The second-order valence-electron chi connectivity index (χ2n) is 6.47. The van der Waals surface area contributed by atoms with Crippen LogP contribution >= 0.6 is 0 Å². The fourth-order valence-electron chi connectivity index (χ4n) is 2.35. The number of nitrogens with zero attached hydrogens (tertiary/aromatic N) is 1. The standard InChI is InChI=1S/C20H26N2O4S/c1-4-5-13-26-20-17(7-6-12-21-20)14-22-19(23)16-8-10-18(11-9-16)27(24,25)15(2)3/h6-12,15H,4-5,13-14H2,1-3H3,(H,22,23). The van der Waals surface area contributed by atoms with E-state index < -0.39 is 15.1 Å². The average Bonchev–Trinajstić information content (AvgIpc) is 2.67. The van der Waals surface area contributed by atoms with Crippen LogP contribution in [0.25, 0.3) is 0 Å². The zero-order chi connectivity index (χ0) is 19.9. The van der Waals surface area contributed by atoms with E-state index in [1.165, 1.54) is 24.3 Å². The normalized spacial score (nSPS) is 11.4. The Bertz CT molecular complexity index is 862. The van der Waals surface area contributed by atoms with E-state index in [4.69, 9.17) is 4.74 Å². The number of carbonyl (C=O) groups is 1. The zero-order valence-corrected chi connectivity index (χ0v) is 16.8. The largest absolute Gasteiger partial charge is 0.477 e. The molecule has 1 N–H and O–H groups in total. The van der Waals surface area contributed by atoms with Crippen molar-refractivity contribution in [2.75, 3.05) is 6.61 Å². The van der Waals surface area contributed by atoms with E-state index in [9.17, 15) is 13.2 Å². The molecule has 0 atom stereocenters. The molecule has 1 amide bonds. The molecule has 2 rings (SSSR count). The monoisotopic (exact) mass is 390 g/mol. The molecule has 0 saturated carbocycles. The molecule has 27 heavy (non-hydrogen) atoms. The third kappa shape index (κ3) is 5.53. The number of benzene rings is 1. The second-order valence-corrected chi connectivity index (χ2v) is 8.97. The number of sulfone groups is 1. The highest BCUT2D eigenvalue weighted by atomic mass is 32.2. The predicted octanol–water partition coefficient (Wildman–Crippen LogP) is 3.37. The number of pyridine rings is 1. The molecule has 1 heterocycles. The van der Waals surface area contributed by atoms with Crippen molar-refractivity contribution in [2.45, 2.75) is 50.3 Å². The summed E-state index contributed by atoms with van der Waals surface area (Å²) in [6.07, 6.45) is 3.62. The minimum Gasteiger partial charge on any atom is -0.477 e. The van der Waals surface area contributed by atoms with Crippen molar-refractivity contribution in [1.29, 1.82) is 0 Å². The van der Waals surface area contributed by atoms with Crippen LogP contribution in [0.4, 0.5) is 0 Å². The van der Waals surface area contributed by atoms with E-state index in [0.29, 0.717) is 18.1 Å².